The van der Waals surface area contributed by atoms with Crippen LogP contribution in [-0.4, -0.2) is 29.7 Å². The molecule has 0 fully saturated rings. The third kappa shape index (κ3) is 2.23. The zero-order chi connectivity index (χ0) is 8.97. The highest BCUT2D eigenvalue weighted by Gasteiger charge is 2.03. The predicted octanol–water partition coefficient (Wildman–Crippen LogP) is 0.602. The van der Waals surface area contributed by atoms with Crippen molar-refractivity contribution in [2.24, 2.45) is 0 Å². The molecule has 0 saturated heterocycles. The number of nitrogens with zero attached hydrogens (tertiary/aromatic N) is 2. The highest BCUT2D eigenvalue weighted by atomic mass is 16.4. The number of carboxylic acids is 1. The van der Waals surface area contributed by atoms with Crippen molar-refractivity contribution < 1.29 is 9.90 Å². The predicted molar refractivity (Wildman–Crippen MR) is 45.1 cm³/mol. The van der Waals surface area contributed by atoms with Gasteiger partial charge in [0.15, 0.2) is 0 Å². The van der Waals surface area contributed by atoms with Crippen LogP contribution >= 0.6 is 0 Å². The molecule has 0 aromatic carbocycles. The van der Waals surface area contributed by atoms with E-state index in [1.807, 2.05) is 6.07 Å². The van der Waals surface area contributed by atoms with E-state index >= 15 is 0 Å². The standard InChI is InChI=1S/C8H10N2O2/c1-10(6-8(11)12)7-3-2-4-9-5-7/h2-5H,6H2,1H3,(H,11,12). The van der Waals surface area contributed by atoms with Crippen molar-refractivity contribution >= 4 is 11.7 Å². The van der Waals surface area contributed by atoms with Crippen molar-refractivity contribution in [2.75, 3.05) is 18.5 Å². The lowest BCUT2D eigenvalue weighted by Crippen LogP contribution is -2.24. The Morgan fingerprint density at radius 1 is 1.75 bits per heavy atom. The van der Waals surface area contributed by atoms with Gasteiger partial charge in [-0.15, -0.1) is 0 Å². The molecule has 12 heavy (non-hydrogen) atoms. The molecule has 0 spiro atoms. The number of carboxylic acid groups (broad SMARTS) is 1. The van der Waals surface area contributed by atoms with Crippen LogP contribution in [0.1, 0.15) is 0 Å². The Morgan fingerprint density at radius 3 is 3.00 bits per heavy atom. The molecule has 0 aliphatic heterocycles. The molecule has 0 radical (unpaired) electrons. The van der Waals surface area contributed by atoms with E-state index in [0.29, 0.717) is 0 Å². The van der Waals surface area contributed by atoms with Crippen LogP contribution < -0.4 is 4.90 Å². The lowest BCUT2D eigenvalue weighted by atomic mass is 10.4. The molecular formula is C8H10N2O2. The first-order chi connectivity index (χ1) is 5.70. The number of pyridine rings is 1. The molecule has 1 heterocycles. The molecule has 1 N–H and O–H groups in total. The Bertz CT molecular complexity index is 261. The van der Waals surface area contributed by atoms with Crippen LogP contribution in [0.25, 0.3) is 0 Å². The zero-order valence-electron chi connectivity index (χ0n) is 6.77. The second-order valence-electron chi connectivity index (χ2n) is 2.46. The van der Waals surface area contributed by atoms with E-state index < -0.39 is 5.97 Å². The van der Waals surface area contributed by atoms with Crippen LogP contribution in [0.2, 0.25) is 0 Å². The second kappa shape index (κ2) is 3.71. The van der Waals surface area contributed by atoms with Crippen molar-refractivity contribution in [2.45, 2.75) is 0 Å². The second-order valence-corrected chi connectivity index (χ2v) is 2.46. The van der Waals surface area contributed by atoms with Crippen LogP contribution in [0.5, 0.6) is 0 Å². The average Bonchev–Trinajstić information content (AvgIpc) is 2.05. The fraction of sp³-hybridized carbons (Fsp3) is 0.250. The summed E-state index contributed by atoms with van der Waals surface area (Å²) in [7, 11) is 1.71. The maximum absolute atomic E-state index is 10.3. The van der Waals surface area contributed by atoms with Crippen LogP contribution in [0.4, 0.5) is 5.69 Å². The van der Waals surface area contributed by atoms with Gasteiger partial charge < -0.3 is 10.0 Å². The molecule has 1 aromatic rings. The van der Waals surface area contributed by atoms with Crippen molar-refractivity contribution in [3.05, 3.63) is 24.5 Å². The van der Waals surface area contributed by atoms with Gasteiger partial charge in [-0.3, -0.25) is 9.78 Å². The number of rotatable bonds is 3. The van der Waals surface area contributed by atoms with E-state index in [-0.39, 0.29) is 6.54 Å². The summed E-state index contributed by atoms with van der Waals surface area (Å²) < 4.78 is 0. The number of anilines is 1. The van der Waals surface area contributed by atoms with Gasteiger partial charge in [0.25, 0.3) is 0 Å². The average molecular weight is 166 g/mol. The lowest BCUT2D eigenvalue weighted by Gasteiger charge is -2.15. The summed E-state index contributed by atoms with van der Waals surface area (Å²) in [6.07, 6.45) is 3.28. The molecule has 0 saturated carbocycles. The Morgan fingerprint density at radius 2 is 2.50 bits per heavy atom. The third-order valence-electron chi connectivity index (χ3n) is 1.46. The van der Waals surface area contributed by atoms with E-state index in [1.165, 1.54) is 0 Å². The maximum Gasteiger partial charge on any atom is 0.323 e. The molecule has 1 aromatic heterocycles. The molecule has 4 heteroatoms. The molecule has 64 valence electrons. The lowest BCUT2D eigenvalue weighted by molar-refractivity contribution is -0.135. The molecule has 0 atom stereocenters. The molecule has 0 bridgehead atoms. The first-order valence-corrected chi connectivity index (χ1v) is 3.53. The summed E-state index contributed by atoms with van der Waals surface area (Å²) in [4.78, 5) is 15.8. The van der Waals surface area contributed by atoms with Crippen molar-refractivity contribution in [3.63, 3.8) is 0 Å². The summed E-state index contributed by atoms with van der Waals surface area (Å²) in [5.41, 5.74) is 0.805. The summed E-state index contributed by atoms with van der Waals surface area (Å²) in [6.45, 7) is -0.00824. The van der Waals surface area contributed by atoms with Crippen molar-refractivity contribution in [1.82, 2.24) is 4.98 Å². The van der Waals surface area contributed by atoms with Gasteiger partial charge in [-0.2, -0.15) is 0 Å². The monoisotopic (exact) mass is 166 g/mol. The van der Waals surface area contributed by atoms with Crippen LogP contribution in [0, 0.1) is 0 Å². The van der Waals surface area contributed by atoms with E-state index in [2.05, 4.69) is 4.98 Å². The van der Waals surface area contributed by atoms with Gasteiger partial charge in [-0.05, 0) is 12.1 Å². The molecule has 0 amide bonds. The number of hydrogen-bond donors (Lipinski definition) is 1. The quantitative estimate of drug-likeness (QED) is 0.714. The molecule has 0 aliphatic carbocycles. The van der Waals surface area contributed by atoms with Crippen LogP contribution in [0.15, 0.2) is 24.5 Å². The maximum atomic E-state index is 10.3. The zero-order valence-corrected chi connectivity index (χ0v) is 6.77. The van der Waals surface area contributed by atoms with Gasteiger partial charge in [0.2, 0.25) is 0 Å². The molecular weight excluding hydrogens is 156 g/mol. The third-order valence-corrected chi connectivity index (χ3v) is 1.46. The van der Waals surface area contributed by atoms with Gasteiger partial charge in [0.05, 0.1) is 11.9 Å². The number of aliphatic carboxylic acids is 1. The van der Waals surface area contributed by atoms with E-state index in [4.69, 9.17) is 5.11 Å². The largest absolute Gasteiger partial charge is 0.480 e. The molecule has 4 nitrogen and oxygen atoms in total. The summed E-state index contributed by atoms with van der Waals surface area (Å²) >= 11 is 0. The highest BCUT2D eigenvalue weighted by Crippen LogP contribution is 2.07. The molecule has 0 unspecified atom stereocenters. The SMILES string of the molecule is CN(CC(=O)O)c1cccnc1. The number of aromatic nitrogens is 1. The molecule has 0 aliphatic rings. The van der Waals surface area contributed by atoms with E-state index in [1.54, 1.807) is 30.4 Å². The van der Waals surface area contributed by atoms with E-state index in [0.717, 1.165) is 5.69 Å². The van der Waals surface area contributed by atoms with Crippen molar-refractivity contribution in [1.29, 1.82) is 0 Å². The Kier molecular flexibility index (Phi) is 2.63. The van der Waals surface area contributed by atoms with Crippen LogP contribution in [0.3, 0.4) is 0 Å². The fourth-order valence-electron chi connectivity index (χ4n) is 0.874. The van der Waals surface area contributed by atoms with Crippen LogP contribution in [-0.2, 0) is 4.79 Å². The fourth-order valence-corrected chi connectivity index (χ4v) is 0.874. The minimum absolute atomic E-state index is 0.00824. The first kappa shape index (κ1) is 8.52. The summed E-state index contributed by atoms with van der Waals surface area (Å²) in [5, 5.41) is 8.48. The van der Waals surface area contributed by atoms with Crippen molar-refractivity contribution in [3.8, 4) is 0 Å². The number of likely N-dealkylation sites (N-methyl/N-ethyl adjacent to an activating group) is 1. The Labute approximate surface area is 70.5 Å². The molecule has 1 rings (SSSR count). The summed E-state index contributed by atoms with van der Waals surface area (Å²) in [6, 6.07) is 3.59. The minimum Gasteiger partial charge on any atom is -0.480 e. The number of carbonyl (C=O) groups is 1. The highest BCUT2D eigenvalue weighted by molar-refractivity contribution is 5.73. The Hall–Kier alpha value is -1.58. The Balaban J connectivity index is 2.65. The normalized spacial score (nSPS) is 9.42. The smallest absolute Gasteiger partial charge is 0.323 e. The summed E-state index contributed by atoms with van der Waals surface area (Å²) in [5.74, 6) is -0.846. The van der Waals surface area contributed by atoms with Gasteiger partial charge in [-0.1, -0.05) is 0 Å². The topological polar surface area (TPSA) is 53.4 Å². The van der Waals surface area contributed by atoms with E-state index in [9.17, 15) is 4.79 Å². The first-order valence-electron chi connectivity index (χ1n) is 3.53. The minimum atomic E-state index is -0.846. The number of hydrogen-bond acceptors (Lipinski definition) is 3. The van der Waals surface area contributed by atoms with Gasteiger partial charge in [-0.25, -0.2) is 0 Å². The van der Waals surface area contributed by atoms with Gasteiger partial charge >= 0.3 is 5.97 Å². The van der Waals surface area contributed by atoms with Gasteiger partial charge in [0.1, 0.15) is 6.54 Å². The van der Waals surface area contributed by atoms with Gasteiger partial charge in [0, 0.05) is 13.2 Å².